The minimum atomic E-state index is -0.796. The van der Waals surface area contributed by atoms with Crippen molar-refractivity contribution in [2.75, 3.05) is 6.61 Å². The van der Waals surface area contributed by atoms with E-state index in [1.54, 1.807) is 0 Å². The summed E-state index contributed by atoms with van der Waals surface area (Å²) in [7, 11) is 0. The normalized spacial score (nSPS) is 27.7. The number of carboxylic acids is 1. The summed E-state index contributed by atoms with van der Waals surface area (Å²) in [5, 5.41) is 12.0. The van der Waals surface area contributed by atoms with Gasteiger partial charge in [-0.3, -0.25) is 9.59 Å². The average Bonchev–Trinajstić information content (AvgIpc) is 3.06. The molecule has 3 atom stereocenters. The molecule has 1 aromatic rings. The molecule has 2 aliphatic rings. The van der Waals surface area contributed by atoms with Gasteiger partial charge in [-0.2, -0.15) is 0 Å². The second kappa shape index (κ2) is 5.15. The fourth-order valence-electron chi connectivity index (χ4n) is 3.02. The van der Waals surface area contributed by atoms with Crippen LogP contribution in [0.3, 0.4) is 0 Å². The van der Waals surface area contributed by atoms with Gasteiger partial charge in [0, 0.05) is 11.5 Å². The third-order valence-electron chi connectivity index (χ3n) is 4.17. The Morgan fingerprint density at radius 3 is 2.70 bits per heavy atom. The Balaban J connectivity index is 1.62. The lowest BCUT2D eigenvalue weighted by Crippen LogP contribution is -2.34. The molecule has 0 bridgehead atoms. The summed E-state index contributed by atoms with van der Waals surface area (Å²) in [6.07, 6.45) is 1.68. The Hall–Kier alpha value is -2.04. The highest BCUT2D eigenvalue weighted by Gasteiger charge is 2.35. The molecule has 1 saturated carbocycles. The minimum absolute atomic E-state index is 0.0564. The molecule has 2 N–H and O–H groups in total. The molecule has 1 unspecified atom stereocenters. The van der Waals surface area contributed by atoms with Crippen LogP contribution in [0.15, 0.2) is 24.3 Å². The number of para-hydroxylation sites is 1. The number of amides is 1. The Labute approximate surface area is 116 Å². The van der Waals surface area contributed by atoms with Crippen molar-refractivity contribution < 1.29 is 19.4 Å². The highest BCUT2D eigenvalue weighted by molar-refractivity contribution is 5.81. The number of carboxylic acid groups (broad SMARTS) is 1. The summed E-state index contributed by atoms with van der Waals surface area (Å²) in [5.41, 5.74) is 0.994. The second-order valence-corrected chi connectivity index (χ2v) is 5.46. The van der Waals surface area contributed by atoms with E-state index in [1.807, 2.05) is 24.3 Å². The molecule has 0 saturated heterocycles. The number of nitrogens with one attached hydrogen (secondary N) is 1. The molecule has 1 heterocycles. The van der Waals surface area contributed by atoms with Crippen molar-refractivity contribution in [2.24, 2.45) is 11.8 Å². The number of carbonyl (C=O) groups excluding carboxylic acids is 1. The fraction of sp³-hybridized carbons (Fsp3) is 0.467. The molecule has 0 aromatic heterocycles. The van der Waals surface area contributed by atoms with Crippen molar-refractivity contribution in [3.63, 3.8) is 0 Å². The second-order valence-electron chi connectivity index (χ2n) is 5.46. The zero-order chi connectivity index (χ0) is 14.1. The van der Waals surface area contributed by atoms with Gasteiger partial charge in [-0.05, 0) is 25.3 Å². The third kappa shape index (κ3) is 2.35. The van der Waals surface area contributed by atoms with Crippen LogP contribution in [-0.2, 0) is 9.59 Å². The number of hydrogen-bond acceptors (Lipinski definition) is 3. The van der Waals surface area contributed by atoms with Crippen LogP contribution in [0.1, 0.15) is 30.9 Å². The van der Waals surface area contributed by atoms with E-state index in [-0.39, 0.29) is 23.8 Å². The van der Waals surface area contributed by atoms with Crippen LogP contribution in [0.2, 0.25) is 0 Å². The van der Waals surface area contributed by atoms with E-state index in [9.17, 15) is 9.59 Å². The Bertz CT molecular complexity index is 542. The zero-order valence-corrected chi connectivity index (χ0v) is 11.0. The molecule has 5 heteroatoms. The lowest BCUT2D eigenvalue weighted by Gasteiger charge is -2.15. The van der Waals surface area contributed by atoms with Gasteiger partial charge in [0.25, 0.3) is 0 Å². The van der Waals surface area contributed by atoms with Crippen LogP contribution in [0.4, 0.5) is 0 Å². The molecule has 106 valence electrons. The van der Waals surface area contributed by atoms with E-state index < -0.39 is 5.97 Å². The maximum atomic E-state index is 12.2. The molecule has 20 heavy (non-hydrogen) atoms. The smallest absolute Gasteiger partial charge is 0.306 e. The van der Waals surface area contributed by atoms with Crippen LogP contribution >= 0.6 is 0 Å². The summed E-state index contributed by atoms with van der Waals surface area (Å²) in [6, 6.07) is 7.53. The number of fused-ring (bicyclic) bond motifs is 1. The Morgan fingerprint density at radius 2 is 1.95 bits per heavy atom. The number of carbonyl (C=O) groups is 2. The van der Waals surface area contributed by atoms with Gasteiger partial charge in [0.1, 0.15) is 12.4 Å². The van der Waals surface area contributed by atoms with Crippen LogP contribution in [0.5, 0.6) is 5.75 Å². The van der Waals surface area contributed by atoms with E-state index in [2.05, 4.69) is 5.32 Å². The number of hydrogen-bond donors (Lipinski definition) is 2. The van der Waals surface area contributed by atoms with Crippen LogP contribution in [0.25, 0.3) is 0 Å². The SMILES string of the molecule is O=C(O)[C@@H]1CC[C@H](C(=O)NC2COc3ccccc32)C1. The van der Waals surface area contributed by atoms with Crippen molar-refractivity contribution >= 4 is 11.9 Å². The van der Waals surface area contributed by atoms with Crippen LogP contribution in [0, 0.1) is 11.8 Å². The maximum Gasteiger partial charge on any atom is 0.306 e. The average molecular weight is 275 g/mol. The van der Waals surface area contributed by atoms with Gasteiger partial charge in [-0.15, -0.1) is 0 Å². The number of ether oxygens (including phenoxy) is 1. The first-order valence-corrected chi connectivity index (χ1v) is 6.90. The van der Waals surface area contributed by atoms with Gasteiger partial charge >= 0.3 is 5.97 Å². The first kappa shape index (κ1) is 13.0. The first-order chi connectivity index (χ1) is 9.65. The van der Waals surface area contributed by atoms with Crippen LogP contribution in [-0.4, -0.2) is 23.6 Å². The van der Waals surface area contributed by atoms with E-state index in [0.29, 0.717) is 25.9 Å². The van der Waals surface area contributed by atoms with Gasteiger partial charge in [-0.1, -0.05) is 18.2 Å². The summed E-state index contributed by atoms with van der Waals surface area (Å²) in [4.78, 5) is 23.1. The molecule has 0 spiro atoms. The Morgan fingerprint density at radius 1 is 1.20 bits per heavy atom. The largest absolute Gasteiger partial charge is 0.491 e. The number of rotatable bonds is 3. The fourth-order valence-corrected chi connectivity index (χ4v) is 3.02. The lowest BCUT2D eigenvalue weighted by atomic mass is 10.0. The highest BCUT2D eigenvalue weighted by Crippen LogP contribution is 2.34. The van der Waals surface area contributed by atoms with Crippen molar-refractivity contribution in [1.82, 2.24) is 5.32 Å². The maximum absolute atomic E-state index is 12.2. The van der Waals surface area contributed by atoms with Crippen molar-refractivity contribution in [3.8, 4) is 5.75 Å². The first-order valence-electron chi connectivity index (χ1n) is 6.90. The van der Waals surface area contributed by atoms with E-state index >= 15 is 0 Å². The summed E-state index contributed by atoms with van der Waals surface area (Å²) in [6.45, 7) is 0.445. The van der Waals surface area contributed by atoms with Gasteiger partial charge in [0.15, 0.2) is 0 Å². The molecular formula is C15H17NO4. The van der Waals surface area contributed by atoms with Crippen molar-refractivity contribution in [1.29, 1.82) is 0 Å². The molecule has 5 nitrogen and oxygen atoms in total. The predicted molar refractivity (Wildman–Crippen MR) is 71.3 cm³/mol. The molecule has 1 aromatic carbocycles. The predicted octanol–water partition coefficient (Wildman–Crippen LogP) is 1.74. The number of aliphatic carboxylic acids is 1. The van der Waals surface area contributed by atoms with Crippen molar-refractivity contribution in [2.45, 2.75) is 25.3 Å². The lowest BCUT2D eigenvalue weighted by molar-refractivity contribution is -0.141. The highest BCUT2D eigenvalue weighted by atomic mass is 16.5. The summed E-state index contributed by atoms with van der Waals surface area (Å²) < 4.78 is 5.53. The molecule has 0 radical (unpaired) electrons. The third-order valence-corrected chi connectivity index (χ3v) is 4.17. The van der Waals surface area contributed by atoms with Gasteiger partial charge < -0.3 is 15.2 Å². The summed E-state index contributed by atoms with van der Waals surface area (Å²) >= 11 is 0. The monoisotopic (exact) mass is 275 g/mol. The molecule has 1 aliphatic carbocycles. The summed E-state index contributed by atoms with van der Waals surface area (Å²) in [5.74, 6) is -0.608. The molecule has 1 aliphatic heterocycles. The standard InChI is InChI=1S/C15H17NO4/c17-14(9-5-6-10(7-9)15(18)19)16-12-8-20-13-4-2-1-3-11(12)13/h1-4,9-10,12H,5-8H2,(H,16,17)(H,18,19)/t9-,10+,12?/m0/s1. The zero-order valence-electron chi connectivity index (χ0n) is 11.0. The Kier molecular flexibility index (Phi) is 3.34. The van der Waals surface area contributed by atoms with Crippen molar-refractivity contribution in [3.05, 3.63) is 29.8 Å². The molecular weight excluding hydrogens is 258 g/mol. The topological polar surface area (TPSA) is 75.6 Å². The van der Waals surface area contributed by atoms with E-state index in [4.69, 9.17) is 9.84 Å². The van der Waals surface area contributed by atoms with E-state index in [1.165, 1.54) is 0 Å². The molecule has 1 amide bonds. The van der Waals surface area contributed by atoms with E-state index in [0.717, 1.165) is 11.3 Å². The minimum Gasteiger partial charge on any atom is -0.491 e. The van der Waals surface area contributed by atoms with Gasteiger partial charge in [0.05, 0.1) is 12.0 Å². The van der Waals surface area contributed by atoms with Gasteiger partial charge in [0.2, 0.25) is 5.91 Å². The molecule has 3 rings (SSSR count). The van der Waals surface area contributed by atoms with Crippen LogP contribution < -0.4 is 10.1 Å². The quantitative estimate of drug-likeness (QED) is 0.881. The van der Waals surface area contributed by atoms with Gasteiger partial charge in [-0.25, -0.2) is 0 Å². The molecule has 1 fully saturated rings. The number of benzene rings is 1.